The highest BCUT2D eigenvalue weighted by Crippen LogP contribution is 2.23. The minimum atomic E-state index is -0.0431. The smallest absolute Gasteiger partial charge is 0.230 e. The van der Waals surface area contributed by atoms with E-state index in [1.807, 2.05) is 32.0 Å². The van der Waals surface area contributed by atoms with Gasteiger partial charge < -0.3 is 5.32 Å². The van der Waals surface area contributed by atoms with Crippen molar-refractivity contribution in [1.82, 2.24) is 10.3 Å². The fourth-order valence-corrected chi connectivity index (χ4v) is 3.38. The lowest BCUT2D eigenvalue weighted by Crippen LogP contribution is -2.27. The Morgan fingerprint density at radius 2 is 2.00 bits per heavy atom. The summed E-state index contributed by atoms with van der Waals surface area (Å²) < 4.78 is 0. The second-order valence-corrected chi connectivity index (χ2v) is 6.65. The number of nitrogens with zero attached hydrogens (tertiary/aromatic N) is 2. The zero-order chi connectivity index (χ0) is 17.5. The van der Waals surface area contributed by atoms with Crippen molar-refractivity contribution in [1.29, 1.82) is 5.26 Å². The first kappa shape index (κ1) is 18.0. The summed E-state index contributed by atoms with van der Waals surface area (Å²) in [5.41, 5.74) is 4.78. The van der Waals surface area contributed by atoms with Gasteiger partial charge in [-0.3, -0.25) is 4.79 Å². The Labute approximate surface area is 147 Å². The van der Waals surface area contributed by atoms with Gasteiger partial charge in [-0.15, -0.1) is 0 Å². The normalized spacial score (nSPS) is 10.2. The number of hydrogen-bond acceptors (Lipinski definition) is 4. The van der Waals surface area contributed by atoms with E-state index < -0.39 is 0 Å². The number of rotatable bonds is 6. The van der Waals surface area contributed by atoms with Gasteiger partial charge in [-0.1, -0.05) is 36.0 Å². The number of nitriles is 1. The van der Waals surface area contributed by atoms with Crippen LogP contribution in [0.4, 0.5) is 0 Å². The first-order chi connectivity index (χ1) is 11.5. The quantitative estimate of drug-likeness (QED) is 0.820. The van der Waals surface area contributed by atoms with Crippen molar-refractivity contribution < 1.29 is 4.79 Å². The molecule has 2 aromatic rings. The van der Waals surface area contributed by atoms with Gasteiger partial charge in [0.05, 0.1) is 11.3 Å². The minimum Gasteiger partial charge on any atom is -0.355 e. The lowest BCUT2D eigenvalue weighted by molar-refractivity contribution is -0.118. The topological polar surface area (TPSA) is 65.8 Å². The standard InChI is InChI=1S/C19H21N3OS/c1-13-6-4-5-7-16(13)8-9-21-18(23)12-24-19-17(11-20)14(2)10-15(3)22-19/h4-7,10H,8-9,12H2,1-3H3,(H,21,23). The average molecular weight is 339 g/mol. The van der Waals surface area contributed by atoms with E-state index in [0.717, 1.165) is 17.7 Å². The van der Waals surface area contributed by atoms with Crippen molar-refractivity contribution in [2.45, 2.75) is 32.2 Å². The summed E-state index contributed by atoms with van der Waals surface area (Å²) in [6.07, 6.45) is 0.814. The first-order valence-corrected chi connectivity index (χ1v) is 8.82. The fourth-order valence-electron chi connectivity index (χ4n) is 2.46. The molecule has 0 fully saturated rings. The van der Waals surface area contributed by atoms with Gasteiger partial charge in [-0.05, 0) is 49.9 Å². The van der Waals surface area contributed by atoms with Crippen LogP contribution in [0, 0.1) is 32.1 Å². The van der Waals surface area contributed by atoms with Crippen LogP contribution in [-0.2, 0) is 11.2 Å². The number of thioether (sulfide) groups is 1. The first-order valence-electron chi connectivity index (χ1n) is 7.83. The van der Waals surface area contributed by atoms with E-state index in [-0.39, 0.29) is 11.7 Å². The number of carbonyl (C=O) groups excluding carboxylic acids is 1. The van der Waals surface area contributed by atoms with Crippen LogP contribution in [0.15, 0.2) is 35.4 Å². The number of aromatic nitrogens is 1. The second-order valence-electron chi connectivity index (χ2n) is 5.69. The Kier molecular flexibility index (Phi) is 6.39. The monoisotopic (exact) mass is 339 g/mol. The van der Waals surface area contributed by atoms with E-state index in [1.54, 1.807) is 0 Å². The van der Waals surface area contributed by atoms with E-state index in [1.165, 1.54) is 22.9 Å². The third-order valence-corrected chi connectivity index (χ3v) is 4.72. The number of pyridine rings is 1. The van der Waals surface area contributed by atoms with Crippen molar-refractivity contribution in [3.8, 4) is 6.07 Å². The Balaban J connectivity index is 1.86. The molecule has 4 nitrogen and oxygen atoms in total. The SMILES string of the molecule is Cc1cc(C)c(C#N)c(SCC(=O)NCCc2ccccc2C)n1. The van der Waals surface area contributed by atoms with Gasteiger partial charge in [0.1, 0.15) is 11.1 Å². The number of amides is 1. The van der Waals surface area contributed by atoms with Crippen LogP contribution in [0.3, 0.4) is 0 Å². The summed E-state index contributed by atoms with van der Waals surface area (Å²) in [6.45, 7) is 6.46. The fraction of sp³-hybridized carbons (Fsp3) is 0.316. The molecule has 0 bridgehead atoms. The van der Waals surface area contributed by atoms with Gasteiger partial charge in [-0.2, -0.15) is 5.26 Å². The summed E-state index contributed by atoms with van der Waals surface area (Å²) in [4.78, 5) is 16.4. The predicted molar refractivity (Wildman–Crippen MR) is 97.0 cm³/mol. The molecule has 2 rings (SSSR count). The van der Waals surface area contributed by atoms with E-state index in [4.69, 9.17) is 0 Å². The molecule has 1 aromatic heterocycles. The molecule has 124 valence electrons. The largest absolute Gasteiger partial charge is 0.355 e. The minimum absolute atomic E-state index is 0.0431. The van der Waals surface area contributed by atoms with Crippen molar-refractivity contribution in [3.05, 3.63) is 58.3 Å². The summed E-state index contributed by atoms with van der Waals surface area (Å²) >= 11 is 1.31. The van der Waals surface area contributed by atoms with Crippen molar-refractivity contribution >= 4 is 17.7 Å². The Hall–Kier alpha value is -2.32. The summed E-state index contributed by atoms with van der Waals surface area (Å²) in [6, 6.07) is 12.2. The molecule has 1 N–H and O–H groups in total. The molecule has 0 aliphatic carbocycles. The third kappa shape index (κ3) is 4.84. The zero-order valence-corrected chi connectivity index (χ0v) is 15.0. The lowest BCUT2D eigenvalue weighted by atomic mass is 10.1. The van der Waals surface area contributed by atoms with Gasteiger partial charge in [0.25, 0.3) is 0 Å². The summed E-state index contributed by atoms with van der Waals surface area (Å²) in [5.74, 6) is 0.219. The summed E-state index contributed by atoms with van der Waals surface area (Å²) in [5, 5.41) is 12.8. The van der Waals surface area contributed by atoms with E-state index in [9.17, 15) is 10.1 Å². The van der Waals surface area contributed by atoms with E-state index in [0.29, 0.717) is 17.1 Å². The van der Waals surface area contributed by atoms with E-state index in [2.05, 4.69) is 35.4 Å². The number of aryl methyl sites for hydroxylation is 3. The molecular weight excluding hydrogens is 318 g/mol. The maximum absolute atomic E-state index is 12.0. The molecule has 1 amide bonds. The third-order valence-electron chi connectivity index (χ3n) is 3.74. The molecule has 1 heterocycles. The maximum atomic E-state index is 12.0. The van der Waals surface area contributed by atoms with Gasteiger partial charge in [-0.25, -0.2) is 4.98 Å². The number of carbonyl (C=O) groups is 1. The molecule has 0 radical (unpaired) electrons. The second kappa shape index (κ2) is 8.51. The van der Waals surface area contributed by atoms with Crippen molar-refractivity contribution in [3.63, 3.8) is 0 Å². The van der Waals surface area contributed by atoms with Crippen LogP contribution in [-0.4, -0.2) is 23.2 Å². The Morgan fingerprint density at radius 3 is 2.71 bits per heavy atom. The molecule has 0 aliphatic heterocycles. The van der Waals surface area contributed by atoms with Gasteiger partial charge in [0.2, 0.25) is 5.91 Å². The van der Waals surface area contributed by atoms with Crippen LogP contribution >= 0.6 is 11.8 Å². The lowest BCUT2D eigenvalue weighted by Gasteiger charge is -2.09. The Morgan fingerprint density at radius 1 is 1.25 bits per heavy atom. The van der Waals surface area contributed by atoms with Crippen molar-refractivity contribution in [2.75, 3.05) is 12.3 Å². The zero-order valence-electron chi connectivity index (χ0n) is 14.2. The molecule has 0 unspecified atom stereocenters. The maximum Gasteiger partial charge on any atom is 0.230 e. The predicted octanol–water partition coefficient (Wildman–Crippen LogP) is 3.33. The number of hydrogen-bond donors (Lipinski definition) is 1. The molecule has 1 aromatic carbocycles. The highest BCUT2D eigenvalue weighted by molar-refractivity contribution is 8.00. The molecule has 0 aliphatic rings. The van der Waals surface area contributed by atoms with Crippen LogP contribution in [0.25, 0.3) is 0 Å². The molecule has 0 saturated heterocycles. The highest BCUT2D eigenvalue weighted by atomic mass is 32.2. The molecule has 24 heavy (non-hydrogen) atoms. The Bertz CT molecular complexity index is 781. The molecule has 0 spiro atoms. The van der Waals surface area contributed by atoms with Gasteiger partial charge in [0, 0.05) is 12.2 Å². The average Bonchev–Trinajstić information content (AvgIpc) is 2.54. The molecule has 0 atom stereocenters. The van der Waals surface area contributed by atoms with Gasteiger partial charge >= 0.3 is 0 Å². The van der Waals surface area contributed by atoms with Crippen LogP contribution in [0.5, 0.6) is 0 Å². The highest BCUT2D eigenvalue weighted by Gasteiger charge is 2.11. The molecule has 0 saturated carbocycles. The van der Waals surface area contributed by atoms with Gasteiger partial charge in [0.15, 0.2) is 0 Å². The van der Waals surface area contributed by atoms with E-state index >= 15 is 0 Å². The number of benzene rings is 1. The van der Waals surface area contributed by atoms with Crippen LogP contribution in [0.1, 0.15) is 27.9 Å². The van der Waals surface area contributed by atoms with Crippen LogP contribution in [0.2, 0.25) is 0 Å². The molecule has 5 heteroatoms. The molecular formula is C19H21N3OS. The summed E-state index contributed by atoms with van der Waals surface area (Å²) in [7, 11) is 0. The van der Waals surface area contributed by atoms with Crippen molar-refractivity contribution in [2.24, 2.45) is 0 Å². The number of nitrogens with one attached hydrogen (secondary N) is 1. The van der Waals surface area contributed by atoms with Crippen LogP contribution < -0.4 is 5.32 Å².